The van der Waals surface area contributed by atoms with Crippen LogP contribution in [0, 0.1) is 0 Å². The molecule has 7 nitrogen and oxygen atoms in total. The van der Waals surface area contributed by atoms with Crippen molar-refractivity contribution in [3.05, 3.63) is 48.0 Å². The molecule has 26 heavy (non-hydrogen) atoms. The van der Waals surface area contributed by atoms with E-state index in [0.29, 0.717) is 28.4 Å². The van der Waals surface area contributed by atoms with E-state index < -0.39 is 6.10 Å². The van der Waals surface area contributed by atoms with Crippen molar-refractivity contribution in [2.75, 3.05) is 17.2 Å². The molecule has 1 unspecified atom stereocenters. The fourth-order valence-electron chi connectivity index (χ4n) is 2.42. The Morgan fingerprint density at radius 2 is 1.92 bits per heavy atom. The van der Waals surface area contributed by atoms with Gasteiger partial charge in [-0.3, -0.25) is 14.4 Å². The number of ether oxygens (including phenoxy) is 2. The van der Waals surface area contributed by atoms with E-state index in [2.05, 4.69) is 10.6 Å². The summed E-state index contributed by atoms with van der Waals surface area (Å²) >= 11 is 0. The van der Waals surface area contributed by atoms with Gasteiger partial charge in [-0.05, 0) is 56.3 Å². The van der Waals surface area contributed by atoms with Gasteiger partial charge in [0.15, 0.2) is 18.5 Å². The molecule has 3 rings (SSSR count). The average Bonchev–Trinajstić information content (AvgIpc) is 2.61. The molecule has 1 aliphatic rings. The van der Waals surface area contributed by atoms with E-state index in [1.54, 1.807) is 49.4 Å². The van der Waals surface area contributed by atoms with Gasteiger partial charge in [-0.15, -0.1) is 0 Å². The Bertz CT molecular complexity index is 861. The number of carbonyl (C=O) groups excluding carboxylic acids is 3. The quantitative estimate of drug-likeness (QED) is 0.805. The van der Waals surface area contributed by atoms with Gasteiger partial charge in [-0.2, -0.15) is 0 Å². The van der Waals surface area contributed by atoms with Gasteiger partial charge in [0.05, 0.1) is 5.69 Å². The lowest BCUT2D eigenvalue weighted by Crippen LogP contribution is -2.34. The summed E-state index contributed by atoms with van der Waals surface area (Å²) in [5.74, 6) is 0.421. The topological polar surface area (TPSA) is 93.7 Å². The van der Waals surface area contributed by atoms with Gasteiger partial charge in [-0.25, -0.2) is 0 Å². The van der Waals surface area contributed by atoms with Crippen molar-refractivity contribution < 1.29 is 23.9 Å². The lowest BCUT2D eigenvalue weighted by molar-refractivity contribution is -0.122. The van der Waals surface area contributed by atoms with Crippen molar-refractivity contribution in [3.63, 3.8) is 0 Å². The van der Waals surface area contributed by atoms with Gasteiger partial charge in [0.25, 0.3) is 11.8 Å². The standard InChI is InChI=1S/C19H18N2O5/c1-11(22)13-3-6-15(7-4-13)25-10-18(23)20-14-5-8-17-16(9-14)21-19(24)12(2)26-17/h3-9,12H,10H2,1-2H3,(H,20,23)(H,21,24). The average molecular weight is 354 g/mol. The van der Waals surface area contributed by atoms with Crippen molar-refractivity contribution >= 4 is 29.0 Å². The van der Waals surface area contributed by atoms with Crippen LogP contribution in [0.2, 0.25) is 0 Å². The van der Waals surface area contributed by atoms with Crippen LogP contribution in [0.15, 0.2) is 42.5 Å². The number of hydrogen-bond acceptors (Lipinski definition) is 5. The zero-order valence-electron chi connectivity index (χ0n) is 14.4. The first-order chi connectivity index (χ1) is 12.4. The maximum Gasteiger partial charge on any atom is 0.265 e. The summed E-state index contributed by atoms with van der Waals surface area (Å²) in [4.78, 5) is 34.9. The molecule has 0 fully saturated rings. The molecule has 0 saturated heterocycles. The van der Waals surface area contributed by atoms with Crippen molar-refractivity contribution in [3.8, 4) is 11.5 Å². The summed E-state index contributed by atoms with van der Waals surface area (Å²) in [5, 5.41) is 5.41. The number of benzene rings is 2. The van der Waals surface area contributed by atoms with E-state index in [9.17, 15) is 14.4 Å². The highest BCUT2D eigenvalue weighted by molar-refractivity contribution is 5.99. The number of rotatable bonds is 5. The first-order valence-electron chi connectivity index (χ1n) is 8.07. The van der Waals surface area contributed by atoms with Crippen LogP contribution in [0.5, 0.6) is 11.5 Å². The second kappa shape index (κ2) is 7.26. The number of nitrogens with one attached hydrogen (secondary N) is 2. The normalized spacial score (nSPS) is 15.3. The Labute approximate surface area is 150 Å². The lowest BCUT2D eigenvalue weighted by Gasteiger charge is -2.23. The minimum atomic E-state index is -0.550. The third-order valence-electron chi connectivity index (χ3n) is 3.82. The molecule has 0 aromatic heterocycles. The lowest BCUT2D eigenvalue weighted by atomic mass is 10.1. The fraction of sp³-hybridized carbons (Fsp3) is 0.211. The van der Waals surface area contributed by atoms with Crippen molar-refractivity contribution in [2.45, 2.75) is 20.0 Å². The zero-order chi connectivity index (χ0) is 18.7. The third kappa shape index (κ3) is 4.00. The minimum absolute atomic E-state index is 0.0350. The summed E-state index contributed by atoms with van der Waals surface area (Å²) in [6, 6.07) is 11.5. The molecule has 0 bridgehead atoms. The van der Waals surface area contributed by atoms with Gasteiger partial charge in [0.1, 0.15) is 11.5 Å². The van der Waals surface area contributed by atoms with Gasteiger partial charge in [-0.1, -0.05) is 0 Å². The second-order valence-electron chi connectivity index (χ2n) is 5.88. The molecule has 0 aliphatic carbocycles. The van der Waals surface area contributed by atoms with E-state index in [1.165, 1.54) is 6.92 Å². The Balaban J connectivity index is 1.57. The monoisotopic (exact) mass is 354 g/mol. The van der Waals surface area contributed by atoms with E-state index >= 15 is 0 Å². The molecular weight excluding hydrogens is 336 g/mol. The highest BCUT2D eigenvalue weighted by Crippen LogP contribution is 2.32. The molecule has 0 radical (unpaired) electrons. The number of Topliss-reactive ketones (excluding diaryl/α,β-unsaturated/α-hetero) is 1. The molecule has 1 aliphatic heterocycles. The van der Waals surface area contributed by atoms with Gasteiger partial charge in [0.2, 0.25) is 0 Å². The molecule has 2 N–H and O–H groups in total. The number of carbonyl (C=O) groups is 3. The molecule has 0 saturated carbocycles. The number of hydrogen-bond donors (Lipinski definition) is 2. The smallest absolute Gasteiger partial charge is 0.265 e. The second-order valence-corrected chi connectivity index (χ2v) is 5.88. The summed E-state index contributed by atoms with van der Waals surface area (Å²) in [5.41, 5.74) is 1.60. The summed E-state index contributed by atoms with van der Waals surface area (Å²) in [7, 11) is 0. The minimum Gasteiger partial charge on any atom is -0.484 e. The Morgan fingerprint density at radius 1 is 1.19 bits per heavy atom. The van der Waals surface area contributed by atoms with Crippen LogP contribution in [0.4, 0.5) is 11.4 Å². The number of anilines is 2. The van der Waals surface area contributed by atoms with Crippen LogP contribution in [0.1, 0.15) is 24.2 Å². The first kappa shape index (κ1) is 17.5. The van der Waals surface area contributed by atoms with Crippen molar-refractivity contribution in [1.29, 1.82) is 0 Å². The molecule has 2 aromatic rings. The molecule has 1 atom stereocenters. The van der Waals surface area contributed by atoms with Crippen LogP contribution in [-0.4, -0.2) is 30.3 Å². The van der Waals surface area contributed by atoms with Crippen LogP contribution in [0.3, 0.4) is 0 Å². The van der Waals surface area contributed by atoms with Crippen LogP contribution >= 0.6 is 0 Å². The van der Waals surface area contributed by atoms with Crippen molar-refractivity contribution in [1.82, 2.24) is 0 Å². The zero-order valence-corrected chi connectivity index (χ0v) is 14.4. The largest absolute Gasteiger partial charge is 0.484 e. The van der Waals surface area contributed by atoms with E-state index in [-0.39, 0.29) is 24.2 Å². The Morgan fingerprint density at radius 3 is 2.62 bits per heavy atom. The Hall–Kier alpha value is -3.35. The molecule has 134 valence electrons. The van der Waals surface area contributed by atoms with E-state index in [0.717, 1.165) is 0 Å². The summed E-state index contributed by atoms with van der Waals surface area (Å²) < 4.78 is 10.9. The van der Waals surface area contributed by atoms with Crippen molar-refractivity contribution in [2.24, 2.45) is 0 Å². The highest BCUT2D eigenvalue weighted by Gasteiger charge is 2.23. The highest BCUT2D eigenvalue weighted by atomic mass is 16.5. The van der Waals surface area contributed by atoms with Crippen LogP contribution in [-0.2, 0) is 9.59 Å². The molecular formula is C19H18N2O5. The predicted molar refractivity (Wildman–Crippen MR) is 95.7 cm³/mol. The molecule has 2 aromatic carbocycles. The molecule has 7 heteroatoms. The first-order valence-corrected chi connectivity index (χ1v) is 8.07. The molecule has 0 spiro atoms. The Kier molecular flexibility index (Phi) is 4.88. The predicted octanol–water partition coefficient (Wildman–Crippen LogP) is 2.63. The summed E-state index contributed by atoms with van der Waals surface area (Å²) in [6.07, 6.45) is -0.550. The molecule has 2 amide bonds. The molecule has 1 heterocycles. The van der Waals surface area contributed by atoms with Gasteiger partial charge < -0.3 is 20.1 Å². The number of ketones is 1. The maximum absolute atomic E-state index is 12.0. The van der Waals surface area contributed by atoms with E-state index in [1.807, 2.05) is 0 Å². The third-order valence-corrected chi connectivity index (χ3v) is 3.82. The SMILES string of the molecule is CC(=O)c1ccc(OCC(=O)Nc2ccc3c(c2)NC(=O)C(C)O3)cc1. The van der Waals surface area contributed by atoms with E-state index in [4.69, 9.17) is 9.47 Å². The number of amides is 2. The summed E-state index contributed by atoms with van der Waals surface area (Å²) in [6.45, 7) is 2.96. The maximum atomic E-state index is 12.0. The van der Waals surface area contributed by atoms with Crippen LogP contribution in [0.25, 0.3) is 0 Å². The van der Waals surface area contributed by atoms with Crippen LogP contribution < -0.4 is 20.1 Å². The fourth-order valence-corrected chi connectivity index (χ4v) is 2.42. The van der Waals surface area contributed by atoms with Gasteiger partial charge >= 0.3 is 0 Å². The number of fused-ring (bicyclic) bond motifs is 1. The van der Waals surface area contributed by atoms with Gasteiger partial charge in [0, 0.05) is 11.3 Å².